The van der Waals surface area contributed by atoms with Crippen LogP contribution in [-0.2, 0) is 0 Å². The minimum Gasteiger partial charge on any atom is -0.464 e. The Labute approximate surface area is 83.7 Å². The SMILES string of the molecule is C=C(C)c1ccc(-c2ccco2)cc1. The van der Waals surface area contributed by atoms with E-state index in [0.29, 0.717) is 0 Å². The van der Waals surface area contributed by atoms with Crippen molar-refractivity contribution in [1.29, 1.82) is 0 Å². The molecule has 1 nitrogen and oxygen atoms in total. The Kier molecular flexibility index (Phi) is 2.23. The van der Waals surface area contributed by atoms with Gasteiger partial charge in [0.05, 0.1) is 6.26 Å². The Bertz CT molecular complexity index is 421. The second kappa shape index (κ2) is 3.54. The molecule has 2 aromatic rings. The van der Waals surface area contributed by atoms with Crippen LogP contribution in [0.4, 0.5) is 0 Å². The molecule has 0 radical (unpaired) electrons. The van der Waals surface area contributed by atoms with Gasteiger partial charge in [-0.25, -0.2) is 0 Å². The lowest BCUT2D eigenvalue weighted by Crippen LogP contribution is -1.78. The van der Waals surface area contributed by atoms with Gasteiger partial charge in [-0.2, -0.15) is 0 Å². The first-order valence-electron chi connectivity index (χ1n) is 4.57. The molecule has 1 aromatic heterocycles. The van der Waals surface area contributed by atoms with Gasteiger partial charge >= 0.3 is 0 Å². The molecule has 0 N–H and O–H groups in total. The van der Waals surface area contributed by atoms with Gasteiger partial charge in [-0.3, -0.25) is 0 Å². The maximum atomic E-state index is 5.30. The molecule has 70 valence electrons. The van der Waals surface area contributed by atoms with E-state index in [4.69, 9.17) is 4.42 Å². The molecule has 0 aliphatic rings. The molecule has 0 saturated heterocycles. The second-order valence-corrected chi connectivity index (χ2v) is 3.33. The Hall–Kier alpha value is -1.76. The van der Waals surface area contributed by atoms with Crippen molar-refractivity contribution in [2.75, 3.05) is 0 Å². The largest absolute Gasteiger partial charge is 0.464 e. The van der Waals surface area contributed by atoms with Gasteiger partial charge in [-0.1, -0.05) is 36.4 Å². The summed E-state index contributed by atoms with van der Waals surface area (Å²) in [5.74, 6) is 0.901. The van der Waals surface area contributed by atoms with E-state index in [1.54, 1.807) is 6.26 Å². The van der Waals surface area contributed by atoms with Crippen LogP contribution in [0.1, 0.15) is 12.5 Å². The van der Waals surface area contributed by atoms with Crippen molar-refractivity contribution >= 4 is 5.57 Å². The Morgan fingerprint density at radius 1 is 1.14 bits per heavy atom. The number of furan rings is 1. The number of hydrogen-bond acceptors (Lipinski definition) is 1. The summed E-state index contributed by atoms with van der Waals surface area (Å²) in [7, 11) is 0. The highest BCUT2D eigenvalue weighted by Crippen LogP contribution is 2.21. The average molecular weight is 184 g/mol. The third kappa shape index (κ3) is 1.62. The fourth-order valence-corrected chi connectivity index (χ4v) is 1.36. The molecule has 0 atom stereocenters. The molecule has 0 unspecified atom stereocenters. The van der Waals surface area contributed by atoms with E-state index < -0.39 is 0 Å². The molecule has 0 saturated carbocycles. The smallest absolute Gasteiger partial charge is 0.133 e. The number of benzene rings is 1. The van der Waals surface area contributed by atoms with Crippen LogP contribution < -0.4 is 0 Å². The van der Waals surface area contributed by atoms with Gasteiger partial charge in [0.2, 0.25) is 0 Å². The zero-order valence-electron chi connectivity index (χ0n) is 8.16. The monoisotopic (exact) mass is 184 g/mol. The van der Waals surface area contributed by atoms with E-state index in [2.05, 4.69) is 18.7 Å². The van der Waals surface area contributed by atoms with Gasteiger partial charge in [0.15, 0.2) is 0 Å². The van der Waals surface area contributed by atoms with Gasteiger partial charge in [-0.05, 0) is 24.6 Å². The van der Waals surface area contributed by atoms with Gasteiger partial charge in [0, 0.05) is 5.56 Å². The van der Waals surface area contributed by atoms with Crippen molar-refractivity contribution in [2.45, 2.75) is 6.92 Å². The van der Waals surface area contributed by atoms with Crippen molar-refractivity contribution in [3.63, 3.8) is 0 Å². The molecule has 1 heteroatoms. The Morgan fingerprint density at radius 3 is 2.36 bits per heavy atom. The van der Waals surface area contributed by atoms with Gasteiger partial charge in [0.1, 0.15) is 5.76 Å². The molecule has 0 spiro atoms. The Balaban J connectivity index is 2.36. The van der Waals surface area contributed by atoms with E-state index in [9.17, 15) is 0 Å². The normalized spacial score (nSPS) is 10.1. The van der Waals surface area contributed by atoms with Crippen molar-refractivity contribution in [3.05, 3.63) is 54.8 Å². The van der Waals surface area contributed by atoms with Crippen molar-refractivity contribution in [3.8, 4) is 11.3 Å². The summed E-state index contributed by atoms with van der Waals surface area (Å²) in [6.45, 7) is 5.90. The molecule has 14 heavy (non-hydrogen) atoms. The number of hydrogen-bond donors (Lipinski definition) is 0. The van der Waals surface area contributed by atoms with E-state index >= 15 is 0 Å². The number of allylic oxidation sites excluding steroid dienone is 1. The van der Waals surface area contributed by atoms with Crippen molar-refractivity contribution in [1.82, 2.24) is 0 Å². The fraction of sp³-hybridized carbons (Fsp3) is 0.0769. The lowest BCUT2D eigenvalue weighted by atomic mass is 10.1. The molecule has 1 aromatic carbocycles. The van der Waals surface area contributed by atoms with Crippen LogP contribution in [-0.4, -0.2) is 0 Å². The predicted octanol–water partition coefficient (Wildman–Crippen LogP) is 3.98. The summed E-state index contributed by atoms with van der Waals surface area (Å²) < 4.78 is 5.30. The predicted molar refractivity (Wildman–Crippen MR) is 58.9 cm³/mol. The Morgan fingerprint density at radius 2 is 1.86 bits per heavy atom. The first-order valence-corrected chi connectivity index (χ1v) is 4.57. The molecule has 0 aliphatic carbocycles. The average Bonchev–Trinajstić information content (AvgIpc) is 2.71. The summed E-state index contributed by atoms with van der Waals surface area (Å²) in [5, 5.41) is 0. The van der Waals surface area contributed by atoms with Crippen LogP contribution in [0.2, 0.25) is 0 Å². The molecule has 0 fully saturated rings. The summed E-state index contributed by atoms with van der Waals surface area (Å²) in [6.07, 6.45) is 1.68. The summed E-state index contributed by atoms with van der Waals surface area (Å²) >= 11 is 0. The quantitative estimate of drug-likeness (QED) is 0.688. The van der Waals surface area contributed by atoms with Crippen LogP contribution in [0.25, 0.3) is 16.9 Å². The molecule has 1 heterocycles. The third-order valence-electron chi connectivity index (χ3n) is 2.18. The zero-order chi connectivity index (χ0) is 9.97. The highest BCUT2D eigenvalue weighted by molar-refractivity contribution is 5.65. The van der Waals surface area contributed by atoms with E-state index in [-0.39, 0.29) is 0 Å². The summed E-state index contributed by atoms with van der Waals surface area (Å²) in [5.41, 5.74) is 3.34. The summed E-state index contributed by atoms with van der Waals surface area (Å²) in [4.78, 5) is 0. The molecule has 2 rings (SSSR count). The third-order valence-corrected chi connectivity index (χ3v) is 2.18. The summed E-state index contributed by atoms with van der Waals surface area (Å²) in [6, 6.07) is 12.0. The molecule has 0 aliphatic heterocycles. The van der Waals surface area contributed by atoms with Gasteiger partial charge in [-0.15, -0.1) is 0 Å². The van der Waals surface area contributed by atoms with Crippen LogP contribution in [0.3, 0.4) is 0 Å². The molecule has 0 bridgehead atoms. The highest BCUT2D eigenvalue weighted by atomic mass is 16.3. The van der Waals surface area contributed by atoms with E-state index in [1.165, 1.54) is 5.56 Å². The van der Waals surface area contributed by atoms with E-state index in [1.807, 2.05) is 31.2 Å². The first kappa shape index (κ1) is 8.82. The lowest BCUT2D eigenvalue weighted by Gasteiger charge is -2.00. The number of rotatable bonds is 2. The maximum absolute atomic E-state index is 5.30. The highest BCUT2D eigenvalue weighted by Gasteiger charge is 1.99. The topological polar surface area (TPSA) is 13.1 Å². The molecular weight excluding hydrogens is 172 g/mol. The van der Waals surface area contributed by atoms with Crippen LogP contribution in [0.15, 0.2) is 53.7 Å². The lowest BCUT2D eigenvalue weighted by molar-refractivity contribution is 0.582. The fourth-order valence-electron chi connectivity index (χ4n) is 1.36. The van der Waals surface area contributed by atoms with Crippen molar-refractivity contribution < 1.29 is 4.42 Å². The van der Waals surface area contributed by atoms with Gasteiger partial charge < -0.3 is 4.42 Å². The first-order chi connectivity index (χ1) is 6.77. The van der Waals surface area contributed by atoms with Gasteiger partial charge in [0.25, 0.3) is 0 Å². The minimum absolute atomic E-state index is 0.901. The minimum atomic E-state index is 0.901. The molecule has 0 amide bonds. The maximum Gasteiger partial charge on any atom is 0.133 e. The van der Waals surface area contributed by atoms with Crippen LogP contribution >= 0.6 is 0 Å². The second-order valence-electron chi connectivity index (χ2n) is 3.33. The standard InChI is InChI=1S/C13H12O/c1-10(2)11-5-7-12(8-6-11)13-4-3-9-14-13/h3-9H,1H2,2H3. The zero-order valence-corrected chi connectivity index (χ0v) is 8.16. The molecular formula is C13H12O. The van der Waals surface area contributed by atoms with Crippen LogP contribution in [0, 0.1) is 0 Å². The van der Waals surface area contributed by atoms with Crippen LogP contribution in [0.5, 0.6) is 0 Å². The van der Waals surface area contributed by atoms with Crippen molar-refractivity contribution in [2.24, 2.45) is 0 Å². The van der Waals surface area contributed by atoms with E-state index in [0.717, 1.165) is 16.9 Å².